The maximum absolute atomic E-state index is 13.3. The number of hydroxylamine groups is 1. The Bertz CT molecular complexity index is 329. The standard InChI is InChI=1S/C9H12F2N2O/c1-13(2)9-6(5-12-14)7(10)3-4-8(9)11/h3-4,12,14H,5H2,1-2H3. The predicted octanol–water partition coefficient (Wildman–Crippen LogP) is 1.51. The second-order valence-electron chi connectivity index (χ2n) is 3.09. The van der Waals surface area contributed by atoms with E-state index in [2.05, 4.69) is 0 Å². The highest BCUT2D eigenvalue weighted by Crippen LogP contribution is 2.25. The fourth-order valence-corrected chi connectivity index (χ4v) is 1.31. The zero-order valence-corrected chi connectivity index (χ0v) is 8.01. The molecule has 0 aromatic heterocycles. The molecule has 0 aliphatic heterocycles. The molecule has 2 N–H and O–H groups in total. The molecule has 14 heavy (non-hydrogen) atoms. The van der Waals surface area contributed by atoms with E-state index in [9.17, 15) is 8.78 Å². The lowest BCUT2D eigenvalue weighted by atomic mass is 10.1. The van der Waals surface area contributed by atoms with Gasteiger partial charge in [-0.3, -0.25) is 0 Å². The van der Waals surface area contributed by atoms with Crippen molar-refractivity contribution < 1.29 is 14.0 Å². The third-order valence-corrected chi connectivity index (χ3v) is 1.88. The first kappa shape index (κ1) is 10.9. The summed E-state index contributed by atoms with van der Waals surface area (Å²) in [5.74, 6) is -1.06. The fourth-order valence-electron chi connectivity index (χ4n) is 1.31. The molecule has 0 saturated carbocycles. The molecule has 1 aromatic carbocycles. The van der Waals surface area contributed by atoms with Gasteiger partial charge < -0.3 is 10.1 Å². The molecule has 0 bridgehead atoms. The summed E-state index contributed by atoms with van der Waals surface area (Å²) in [7, 11) is 3.22. The van der Waals surface area contributed by atoms with Crippen LogP contribution in [0.3, 0.4) is 0 Å². The highest BCUT2D eigenvalue weighted by Gasteiger charge is 2.14. The molecule has 0 amide bonds. The Hall–Kier alpha value is -1.20. The van der Waals surface area contributed by atoms with E-state index in [4.69, 9.17) is 5.21 Å². The van der Waals surface area contributed by atoms with Crippen LogP contribution in [0.1, 0.15) is 5.56 Å². The van der Waals surface area contributed by atoms with Crippen LogP contribution in [0, 0.1) is 11.6 Å². The van der Waals surface area contributed by atoms with Crippen LogP contribution >= 0.6 is 0 Å². The molecule has 0 aliphatic carbocycles. The number of hydrogen-bond acceptors (Lipinski definition) is 3. The number of nitrogens with one attached hydrogen (secondary N) is 1. The highest BCUT2D eigenvalue weighted by atomic mass is 19.1. The van der Waals surface area contributed by atoms with Gasteiger partial charge in [0, 0.05) is 19.7 Å². The molecule has 3 nitrogen and oxygen atoms in total. The van der Waals surface area contributed by atoms with E-state index in [1.807, 2.05) is 5.48 Å². The van der Waals surface area contributed by atoms with Crippen LogP contribution in [0.25, 0.3) is 0 Å². The molecule has 0 heterocycles. The molecule has 0 radical (unpaired) electrons. The van der Waals surface area contributed by atoms with Gasteiger partial charge >= 0.3 is 0 Å². The van der Waals surface area contributed by atoms with Crippen LogP contribution in [-0.2, 0) is 6.54 Å². The minimum Gasteiger partial charge on any atom is -0.375 e. The largest absolute Gasteiger partial charge is 0.375 e. The van der Waals surface area contributed by atoms with Crippen LogP contribution in [0.5, 0.6) is 0 Å². The van der Waals surface area contributed by atoms with E-state index < -0.39 is 11.6 Å². The van der Waals surface area contributed by atoms with Crippen molar-refractivity contribution in [1.29, 1.82) is 0 Å². The summed E-state index contributed by atoms with van der Waals surface area (Å²) in [6.07, 6.45) is 0. The average Bonchev–Trinajstić information content (AvgIpc) is 2.11. The van der Waals surface area contributed by atoms with E-state index in [0.29, 0.717) is 0 Å². The summed E-state index contributed by atoms with van der Waals surface area (Å²) < 4.78 is 26.5. The summed E-state index contributed by atoms with van der Waals surface area (Å²) in [5, 5.41) is 8.48. The Morgan fingerprint density at radius 3 is 2.36 bits per heavy atom. The van der Waals surface area contributed by atoms with E-state index >= 15 is 0 Å². The maximum atomic E-state index is 13.3. The monoisotopic (exact) mass is 202 g/mol. The quantitative estimate of drug-likeness (QED) is 0.729. The van der Waals surface area contributed by atoms with Gasteiger partial charge in [0.25, 0.3) is 0 Å². The molecular weight excluding hydrogens is 190 g/mol. The van der Waals surface area contributed by atoms with Gasteiger partial charge in [-0.15, -0.1) is 0 Å². The molecule has 1 aromatic rings. The molecule has 0 unspecified atom stereocenters. The molecule has 0 fully saturated rings. The van der Waals surface area contributed by atoms with Gasteiger partial charge in [-0.25, -0.2) is 14.3 Å². The number of rotatable bonds is 3. The Morgan fingerprint density at radius 1 is 1.29 bits per heavy atom. The SMILES string of the molecule is CN(C)c1c(F)ccc(F)c1CNO. The van der Waals surface area contributed by atoms with Gasteiger partial charge in [0.15, 0.2) is 0 Å². The first-order chi connectivity index (χ1) is 6.57. The highest BCUT2D eigenvalue weighted by molar-refractivity contribution is 5.54. The zero-order valence-electron chi connectivity index (χ0n) is 8.01. The van der Waals surface area contributed by atoms with Gasteiger partial charge in [-0.2, -0.15) is 0 Å². The van der Waals surface area contributed by atoms with Crippen molar-refractivity contribution in [3.8, 4) is 0 Å². The summed E-state index contributed by atoms with van der Waals surface area (Å²) in [6, 6.07) is 2.10. The normalized spacial score (nSPS) is 10.4. The van der Waals surface area contributed by atoms with Gasteiger partial charge in [0.1, 0.15) is 11.6 Å². The lowest BCUT2D eigenvalue weighted by Crippen LogP contribution is -2.18. The zero-order chi connectivity index (χ0) is 10.7. The van der Waals surface area contributed by atoms with E-state index in [1.165, 1.54) is 4.90 Å². The topological polar surface area (TPSA) is 35.5 Å². The number of benzene rings is 1. The van der Waals surface area contributed by atoms with Gasteiger partial charge in [0.05, 0.1) is 12.2 Å². The second kappa shape index (κ2) is 4.34. The first-order valence-electron chi connectivity index (χ1n) is 4.09. The lowest BCUT2D eigenvalue weighted by molar-refractivity contribution is 0.160. The first-order valence-corrected chi connectivity index (χ1v) is 4.09. The number of anilines is 1. The van der Waals surface area contributed by atoms with Crippen LogP contribution in [0.15, 0.2) is 12.1 Å². The number of hydrogen-bond donors (Lipinski definition) is 2. The lowest BCUT2D eigenvalue weighted by Gasteiger charge is -2.18. The Balaban J connectivity index is 3.26. The van der Waals surface area contributed by atoms with Crippen molar-refractivity contribution in [2.24, 2.45) is 0 Å². The van der Waals surface area contributed by atoms with E-state index in [-0.39, 0.29) is 17.8 Å². The molecule has 78 valence electrons. The number of halogens is 2. The van der Waals surface area contributed by atoms with E-state index in [0.717, 1.165) is 12.1 Å². The molecule has 0 spiro atoms. The summed E-state index contributed by atoms with van der Waals surface area (Å²) >= 11 is 0. The van der Waals surface area contributed by atoms with Gasteiger partial charge in [-0.1, -0.05) is 0 Å². The predicted molar refractivity (Wildman–Crippen MR) is 49.3 cm³/mol. The van der Waals surface area contributed by atoms with E-state index in [1.54, 1.807) is 14.1 Å². The molecular formula is C9H12F2N2O. The minimum atomic E-state index is -0.545. The third kappa shape index (κ3) is 2.00. The fraction of sp³-hybridized carbons (Fsp3) is 0.333. The number of nitrogens with zero attached hydrogens (tertiary/aromatic N) is 1. The van der Waals surface area contributed by atoms with Crippen LogP contribution in [0.4, 0.5) is 14.5 Å². The molecule has 5 heteroatoms. The average molecular weight is 202 g/mol. The van der Waals surface area contributed by atoms with Gasteiger partial charge in [-0.05, 0) is 12.1 Å². The van der Waals surface area contributed by atoms with Crippen LogP contribution in [-0.4, -0.2) is 19.3 Å². The second-order valence-corrected chi connectivity index (χ2v) is 3.09. The molecule has 0 atom stereocenters. The van der Waals surface area contributed by atoms with Crippen molar-refractivity contribution in [3.05, 3.63) is 29.3 Å². The molecule has 0 aliphatic rings. The van der Waals surface area contributed by atoms with Crippen LogP contribution in [0.2, 0.25) is 0 Å². The Morgan fingerprint density at radius 2 is 1.86 bits per heavy atom. The van der Waals surface area contributed by atoms with Crippen molar-refractivity contribution in [2.75, 3.05) is 19.0 Å². The smallest absolute Gasteiger partial charge is 0.147 e. The Labute approximate surface area is 80.9 Å². The van der Waals surface area contributed by atoms with Gasteiger partial charge in [0.2, 0.25) is 0 Å². The minimum absolute atomic E-state index is 0.109. The van der Waals surface area contributed by atoms with Crippen molar-refractivity contribution in [2.45, 2.75) is 6.54 Å². The summed E-state index contributed by atoms with van der Waals surface area (Å²) in [6.45, 7) is -0.128. The van der Waals surface area contributed by atoms with Crippen molar-refractivity contribution in [3.63, 3.8) is 0 Å². The van der Waals surface area contributed by atoms with Crippen molar-refractivity contribution in [1.82, 2.24) is 5.48 Å². The third-order valence-electron chi connectivity index (χ3n) is 1.88. The summed E-state index contributed by atoms with van der Waals surface area (Å²) in [5.41, 5.74) is 2.07. The summed E-state index contributed by atoms with van der Waals surface area (Å²) in [4.78, 5) is 1.46. The molecule has 0 saturated heterocycles. The Kier molecular flexibility index (Phi) is 3.38. The molecule has 1 rings (SSSR count). The maximum Gasteiger partial charge on any atom is 0.147 e. The van der Waals surface area contributed by atoms with Crippen molar-refractivity contribution >= 4 is 5.69 Å². The van der Waals surface area contributed by atoms with Crippen LogP contribution < -0.4 is 10.4 Å².